The molecule has 0 unspecified atom stereocenters. The topological polar surface area (TPSA) is 110 Å². The first-order chi connectivity index (χ1) is 10.8. The standard InChI is InChI=1S/C16H25N3O4/c1-9(2)13(14(17)21)18-12(20)7-8-19-15(22)10-5-3-4-6-11(10)16(19)23/h9-11,13H,3-8H2,1-2H3,(H2,17,21)(H,18,20)/t10-,11+,13-/m0/s1. The molecule has 0 aromatic heterocycles. The fraction of sp³-hybridized carbons (Fsp3) is 0.750. The van der Waals surface area contributed by atoms with Gasteiger partial charge in [0.1, 0.15) is 6.04 Å². The third kappa shape index (κ3) is 3.71. The Morgan fingerprint density at radius 3 is 2.13 bits per heavy atom. The first-order valence-electron chi connectivity index (χ1n) is 8.26. The Hall–Kier alpha value is -1.92. The average Bonchev–Trinajstić information content (AvgIpc) is 2.74. The Bertz CT molecular complexity index is 493. The lowest BCUT2D eigenvalue weighted by Crippen LogP contribution is -2.48. The van der Waals surface area contributed by atoms with Gasteiger partial charge < -0.3 is 11.1 Å². The van der Waals surface area contributed by atoms with E-state index in [2.05, 4.69) is 5.32 Å². The number of rotatable bonds is 6. The van der Waals surface area contributed by atoms with E-state index in [1.54, 1.807) is 13.8 Å². The highest BCUT2D eigenvalue weighted by Gasteiger charge is 2.47. The van der Waals surface area contributed by atoms with Crippen molar-refractivity contribution in [3.05, 3.63) is 0 Å². The van der Waals surface area contributed by atoms with E-state index in [-0.39, 0.29) is 48.4 Å². The van der Waals surface area contributed by atoms with Crippen molar-refractivity contribution in [2.45, 2.75) is 52.0 Å². The van der Waals surface area contributed by atoms with Gasteiger partial charge in [0.25, 0.3) is 0 Å². The molecule has 0 aromatic rings. The number of fused-ring (bicyclic) bond motifs is 1. The monoisotopic (exact) mass is 323 g/mol. The molecule has 23 heavy (non-hydrogen) atoms. The van der Waals surface area contributed by atoms with Crippen molar-refractivity contribution in [1.82, 2.24) is 10.2 Å². The van der Waals surface area contributed by atoms with Crippen molar-refractivity contribution >= 4 is 23.6 Å². The van der Waals surface area contributed by atoms with Gasteiger partial charge in [0.2, 0.25) is 23.6 Å². The number of amides is 4. The Morgan fingerprint density at radius 2 is 1.70 bits per heavy atom. The first-order valence-corrected chi connectivity index (χ1v) is 8.26. The second kappa shape index (κ2) is 7.10. The summed E-state index contributed by atoms with van der Waals surface area (Å²) in [6.45, 7) is 3.64. The molecule has 2 aliphatic rings. The minimum atomic E-state index is -0.741. The van der Waals surface area contributed by atoms with E-state index >= 15 is 0 Å². The highest BCUT2D eigenvalue weighted by Crippen LogP contribution is 2.37. The summed E-state index contributed by atoms with van der Waals surface area (Å²) in [6.07, 6.45) is 3.46. The number of hydrogen-bond donors (Lipinski definition) is 2. The smallest absolute Gasteiger partial charge is 0.240 e. The zero-order chi connectivity index (χ0) is 17.1. The summed E-state index contributed by atoms with van der Waals surface area (Å²) in [5.41, 5.74) is 5.26. The number of nitrogens with two attached hydrogens (primary N) is 1. The maximum atomic E-state index is 12.3. The number of carbonyl (C=O) groups excluding carboxylic acids is 4. The molecule has 128 valence electrons. The van der Waals surface area contributed by atoms with Gasteiger partial charge in [0.05, 0.1) is 11.8 Å². The van der Waals surface area contributed by atoms with Crippen LogP contribution in [0.4, 0.5) is 0 Å². The number of likely N-dealkylation sites (tertiary alicyclic amines) is 1. The zero-order valence-corrected chi connectivity index (χ0v) is 13.7. The minimum Gasteiger partial charge on any atom is -0.368 e. The molecule has 0 aromatic carbocycles. The van der Waals surface area contributed by atoms with Crippen LogP contribution in [0, 0.1) is 17.8 Å². The zero-order valence-electron chi connectivity index (χ0n) is 13.7. The number of imide groups is 1. The van der Waals surface area contributed by atoms with Crippen molar-refractivity contribution < 1.29 is 19.2 Å². The van der Waals surface area contributed by atoms with Gasteiger partial charge in [0.15, 0.2) is 0 Å². The Labute approximate surface area is 135 Å². The lowest BCUT2D eigenvalue weighted by molar-refractivity contribution is -0.140. The number of nitrogens with zero attached hydrogens (tertiary/aromatic N) is 1. The lowest BCUT2D eigenvalue weighted by Gasteiger charge is -2.20. The van der Waals surface area contributed by atoms with Crippen LogP contribution in [-0.2, 0) is 19.2 Å². The van der Waals surface area contributed by atoms with E-state index < -0.39 is 11.9 Å². The third-order valence-corrected chi connectivity index (χ3v) is 4.78. The molecule has 0 bridgehead atoms. The van der Waals surface area contributed by atoms with Crippen LogP contribution in [0.2, 0.25) is 0 Å². The van der Waals surface area contributed by atoms with Gasteiger partial charge in [-0.3, -0.25) is 24.1 Å². The van der Waals surface area contributed by atoms with Crippen LogP contribution in [0.3, 0.4) is 0 Å². The number of hydrogen-bond acceptors (Lipinski definition) is 4. The molecule has 7 nitrogen and oxygen atoms in total. The van der Waals surface area contributed by atoms with E-state index in [9.17, 15) is 19.2 Å². The molecular weight excluding hydrogens is 298 g/mol. The summed E-state index contributed by atoms with van der Waals surface area (Å²) in [6, 6.07) is -0.741. The number of primary amides is 1. The number of carbonyl (C=O) groups is 4. The molecule has 2 fully saturated rings. The van der Waals surface area contributed by atoms with Gasteiger partial charge in [-0.05, 0) is 18.8 Å². The normalized spacial score (nSPS) is 25.4. The highest BCUT2D eigenvalue weighted by atomic mass is 16.2. The second-order valence-corrected chi connectivity index (χ2v) is 6.77. The lowest BCUT2D eigenvalue weighted by atomic mass is 9.81. The third-order valence-electron chi connectivity index (χ3n) is 4.78. The van der Waals surface area contributed by atoms with Gasteiger partial charge in [-0.2, -0.15) is 0 Å². The maximum Gasteiger partial charge on any atom is 0.240 e. The second-order valence-electron chi connectivity index (χ2n) is 6.77. The first kappa shape index (κ1) is 17.4. The molecule has 0 radical (unpaired) electrons. The minimum absolute atomic E-state index is 0.00653. The van der Waals surface area contributed by atoms with E-state index in [1.807, 2.05) is 0 Å². The van der Waals surface area contributed by atoms with Crippen molar-refractivity contribution in [2.75, 3.05) is 6.54 Å². The van der Waals surface area contributed by atoms with Crippen LogP contribution in [-0.4, -0.2) is 41.1 Å². The summed E-state index contributed by atoms with van der Waals surface area (Å²) >= 11 is 0. The Morgan fingerprint density at radius 1 is 1.17 bits per heavy atom. The maximum absolute atomic E-state index is 12.3. The van der Waals surface area contributed by atoms with Gasteiger partial charge in [0, 0.05) is 13.0 Å². The molecule has 1 aliphatic carbocycles. The summed E-state index contributed by atoms with van der Waals surface area (Å²) < 4.78 is 0. The molecule has 0 spiro atoms. The molecule has 1 aliphatic heterocycles. The summed E-state index contributed by atoms with van der Waals surface area (Å²) in [7, 11) is 0. The van der Waals surface area contributed by atoms with Crippen LogP contribution < -0.4 is 11.1 Å². The SMILES string of the molecule is CC(C)[C@H](NC(=O)CCN1C(=O)[C@H]2CCCC[C@H]2C1=O)C(N)=O. The molecule has 1 saturated heterocycles. The molecule has 3 atom stereocenters. The summed E-state index contributed by atoms with van der Waals surface area (Å²) in [4.78, 5) is 49.1. The molecule has 1 saturated carbocycles. The van der Waals surface area contributed by atoms with Crippen molar-refractivity contribution in [3.63, 3.8) is 0 Å². The fourth-order valence-corrected chi connectivity index (χ4v) is 3.48. The molecule has 3 N–H and O–H groups in total. The van der Waals surface area contributed by atoms with Crippen molar-refractivity contribution in [3.8, 4) is 0 Å². The fourth-order valence-electron chi connectivity index (χ4n) is 3.48. The van der Waals surface area contributed by atoms with Crippen molar-refractivity contribution in [1.29, 1.82) is 0 Å². The van der Waals surface area contributed by atoms with Gasteiger partial charge in [-0.25, -0.2) is 0 Å². The average molecular weight is 323 g/mol. The van der Waals surface area contributed by atoms with Crippen molar-refractivity contribution in [2.24, 2.45) is 23.5 Å². The number of nitrogens with one attached hydrogen (secondary N) is 1. The summed E-state index contributed by atoms with van der Waals surface area (Å²) in [5, 5.41) is 2.57. The van der Waals surface area contributed by atoms with Gasteiger partial charge in [-0.1, -0.05) is 26.7 Å². The largest absolute Gasteiger partial charge is 0.368 e. The van der Waals surface area contributed by atoms with Gasteiger partial charge >= 0.3 is 0 Å². The van der Waals surface area contributed by atoms with E-state index in [0.29, 0.717) is 0 Å². The van der Waals surface area contributed by atoms with E-state index in [0.717, 1.165) is 25.7 Å². The van der Waals surface area contributed by atoms with Crippen LogP contribution in [0.5, 0.6) is 0 Å². The van der Waals surface area contributed by atoms with Gasteiger partial charge in [-0.15, -0.1) is 0 Å². The van der Waals surface area contributed by atoms with E-state index in [4.69, 9.17) is 5.73 Å². The molecule has 4 amide bonds. The molecule has 2 rings (SSSR count). The van der Waals surface area contributed by atoms with Crippen LogP contribution in [0.1, 0.15) is 46.0 Å². The summed E-state index contributed by atoms with van der Waals surface area (Å²) in [5.74, 6) is -1.78. The van der Waals surface area contributed by atoms with Crippen LogP contribution in [0.25, 0.3) is 0 Å². The molecule has 7 heteroatoms. The molecular formula is C16H25N3O4. The van der Waals surface area contributed by atoms with E-state index in [1.165, 1.54) is 4.90 Å². The highest BCUT2D eigenvalue weighted by molar-refractivity contribution is 6.05. The molecule has 1 heterocycles. The Balaban J connectivity index is 1.90. The van der Waals surface area contributed by atoms with Crippen LogP contribution in [0.15, 0.2) is 0 Å². The predicted octanol–water partition coefficient (Wildman–Crippen LogP) is 0.178. The quantitative estimate of drug-likeness (QED) is 0.679. The van der Waals surface area contributed by atoms with Crippen LogP contribution >= 0.6 is 0 Å². The predicted molar refractivity (Wildman–Crippen MR) is 82.7 cm³/mol. The Kier molecular flexibility index (Phi) is 5.38.